The second-order valence-electron chi connectivity index (χ2n) is 6.74. The topological polar surface area (TPSA) is 86.3 Å². The minimum atomic E-state index is -0.503. The van der Waals surface area contributed by atoms with Crippen LogP contribution in [0.3, 0.4) is 0 Å². The smallest absolute Gasteiger partial charge is 0.407 e. The van der Waals surface area contributed by atoms with Crippen molar-refractivity contribution in [1.82, 2.24) is 20.4 Å². The molecule has 0 aliphatic carbocycles. The van der Waals surface area contributed by atoms with Crippen molar-refractivity contribution < 1.29 is 14.3 Å². The van der Waals surface area contributed by atoms with Gasteiger partial charge in [0, 0.05) is 32.9 Å². The summed E-state index contributed by atoms with van der Waals surface area (Å²) in [4.78, 5) is 31.2. The van der Waals surface area contributed by atoms with Gasteiger partial charge in [0.05, 0.1) is 6.04 Å². The van der Waals surface area contributed by atoms with E-state index in [0.717, 1.165) is 11.4 Å². The van der Waals surface area contributed by atoms with E-state index >= 15 is 0 Å². The number of urea groups is 1. The highest BCUT2D eigenvalue weighted by molar-refractivity contribution is 6.14. The molecule has 0 radical (unpaired) electrons. The average molecular weight is 323 g/mol. The van der Waals surface area contributed by atoms with Gasteiger partial charge in [-0.15, -0.1) is 0 Å². The molecule has 3 amide bonds. The molecule has 8 heteroatoms. The number of carbonyl (C=O) groups is 2. The summed E-state index contributed by atoms with van der Waals surface area (Å²) in [6.45, 7) is 8.78. The van der Waals surface area contributed by atoms with Crippen LogP contribution in [0.1, 0.15) is 27.7 Å². The maximum Gasteiger partial charge on any atom is 0.407 e. The first kappa shape index (κ1) is 17.1. The van der Waals surface area contributed by atoms with E-state index < -0.39 is 11.7 Å². The van der Waals surface area contributed by atoms with E-state index in [1.165, 1.54) is 4.90 Å². The molecule has 2 aliphatic rings. The molecule has 0 saturated carbocycles. The van der Waals surface area contributed by atoms with Crippen LogP contribution in [0, 0.1) is 0 Å². The van der Waals surface area contributed by atoms with E-state index in [4.69, 9.17) is 4.74 Å². The number of alkyl carbamates (subject to hydrolysis) is 1. The minimum Gasteiger partial charge on any atom is -0.444 e. The van der Waals surface area contributed by atoms with Gasteiger partial charge in [-0.2, -0.15) is 0 Å². The standard InChI is InChI=1S/C15H25N5O3/c1-9(11-12(16-5)19(6)13(21)18-11)20-7-10(8-20)17-14(22)23-15(2,3)4/h10H,7-8H2,1-6H3,(H,17,22)(H,18,21)/b11-9-,16-12+. The Morgan fingerprint density at radius 3 is 2.52 bits per heavy atom. The van der Waals surface area contributed by atoms with Crippen molar-refractivity contribution >= 4 is 18.0 Å². The van der Waals surface area contributed by atoms with Crippen LogP contribution in [0.4, 0.5) is 9.59 Å². The second-order valence-corrected chi connectivity index (χ2v) is 6.74. The fourth-order valence-corrected chi connectivity index (χ4v) is 2.50. The normalized spacial score (nSPS) is 22.9. The molecule has 0 aromatic carbocycles. The number of nitrogens with one attached hydrogen (secondary N) is 2. The van der Waals surface area contributed by atoms with Gasteiger partial charge in [0.1, 0.15) is 11.3 Å². The zero-order valence-electron chi connectivity index (χ0n) is 14.6. The molecule has 128 valence electrons. The van der Waals surface area contributed by atoms with E-state index in [1.54, 1.807) is 14.1 Å². The van der Waals surface area contributed by atoms with Crippen molar-refractivity contribution in [2.75, 3.05) is 27.2 Å². The highest BCUT2D eigenvalue weighted by atomic mass is 16.6. The number of hydrogen-bond acceptors (Lipinski definition) is 5. The number of carbonyl (C=O) groups excluding carboxylic acids is 2. The van der Waals surface area contributed by atoms with Gasteiger partial charge in [0.25, 0.3) is 0 Å². The summed E-state index contributed by atoms with van der Waals surface area (Å²) < 4.78 is 5.24. The predicted octanol–water partition coefficient (Wildman–Crippen LogP) is 1.11. The third-order valence-electron chi connectivity index (χ3n) is 3.73. The molecule has 2 aliphatic heterocycles. The Kier molecular flexibility index (Phi) is 4.53. The monoisotopic (exact) mass is 323 g/mol. The van der Waals surface area contributed by atoms with Gasteiger partial charge < -0.3 is 20.3 Å². The summed E-state index contributed by atoms with van der Waals surface area (Å²) in [6, 6.07) is -0.152. The molecule has 2 N–H and O–H groups in total. The molecule has 0 aromatic rings. The van der Waals surface area contributed by atoms with Crippen LogP contribution in [-0.4, -0.2) is 66.6 Å². The first-order valence-corrected chi connectivity index (χ1v) is 7.59. The number of aliphatic imine (C=N–C) groups is 1. The van der Waals surface area contributed by atoms with Crippen molar-refractivity contribution in [2.24, 2.45) is 4.99 Å². The van der Waals surface area contributed by atoms with Gasteiger partial charge in [0.15, 0.2) is 5.84 Å². The number of ether oxygens (including phenoxy) is 1. The number of amidine groups is 1. The van der Waals surface area contributed by atoms with Crippen LogP contribution < -0.4 is 10.6 Å². The number of nitrogens with zero attached hydrogens (tertiary/aromatic N) is 3. The maximum absolute atomic E-state index is 11.7. The summed E-state index contributed by atoms with van der Waals surface area (Å²) in [5.41, 5.74) is 1.15. The SMILES string of the molecule is C/N=C1\C(=C(/C)N2CC(NC(=O)OC(C)(C)C)C2)NC(=O)N1C. The van der Waals surface area contributed by atoms with Gasteiger partial charge in [0.2, 0.25) is 0 Å². The Morgan fingerprint density at radius 1 is 1.39 bits per heavy atom. The third kappa shape index (κ3) is 3.75. The van der Waals surface area contributed by atoms with Gasteiger partial charge in [-0.3, -0.25) is 9.89 Å². The molecule has 0 aromatic heterocycles. The third-order valence-corrected chi connectivity index (χ3v) is 3.73. The minimum absolute atomic E-state index is 0.0391. The van der Waals surface area contributed by atoms with Gasteiger partial charge in [-0.05, 0) is 27.7 Å². The zero-order chi connectivity index (χ0) is 17.4. The maximum atomic E-state index is 11.7. The summed E-state index contributed by atoms with van der Waals surface area (Å²) in [7, 11) is 3.34. The van der Waals surface area contributed by atoms with Crippen LogP contribution in [0.5, 0.6) is 0 Å². The van der Waals surface area contributed by atoms with Crippen molar-refractivity contribution in [1.29, 1.82) is 0 Å². The van der Waals surface area contributed by atoms with E-state index in [1.807, 2.05) is 27.7 Å². The van der Waals surface area contributed by atoms with Crippen LogP contribution in [0.2, 0.25) is 0 Å². The molecule has 8 nitrogen and oxygen atoms in total. The lowest BCUT2D eigenvalue weighted by Gasteiger charge is -2.42. The molecule has 0 unspecified atom stereocenters. The van der Waals surface area contributed by atoms with E-state index in [2.05, 4.69) is 20.5 Å². The van der Waals surface area contributed by atoms with Crippen LogP contribution in [-0.2, 0) is 4.74 Å². The van der Waals surface area contributed by atoms with E-state index in [9.17, 15) is 9.59 Å². The number of allylic oxidation sites excluding steroid dienone is 1. The first-order valence-electron chi connectivity index (χ1n) is 7.59. The van der Waals surface area contributed by atoms with Gasteiger partial charge in [-0.25, -0.2) is 9.59 Å². The van der Waals surface area contributed by atoms with Crippen LogP contribution >= 0.6 is 0 Å². The summed E-state index contributed by atoms with van der Waals surface area (Å²) in [5.74, 6) is 0.621. The summed E-state index contributed by atoms with van der Waals surface area (Å²) in [5, 5.41) is 5.66. The Morgan fingerprint density at radius 2 is 2.00 bits per heavy atom. The largest absolute Gasteiger partial charge is 0.444 e. The molecule has 2 fully saturated rings. The fraction of sp³-hybridized carbons (Fsp3) is 0.667. The van der Waals surface area contributed by atoms with Crippen molar-refractivity contribution in [3.63, 3.8) is 0 Å². The van der Waals surface area contributed by atoms with Crippen molar-refractivity contribution in [3.8, 4) is 0 Å². The molecule has 2 saturated heterocycles. The molecular weight excluding hydrogens is 298 g/mol. The predicted molar refractivity (Wildman–Crippen MR) is 87.1 cm³/mol. The lowest BCUT2D eigenvalue weighted by Crippen LogP contribution is -2.59. The fourth-order valence-electron chi connectivity index (χ4n) is 2.50. The Balaban J connectivity index is 1.93. The lowest BCUT2D eigenvalue weighted by atomic mass is 10.1. The first-order chi connectivity index (χ1) is 10.6. The van der Waals surface area contributed by atoms with Gasteiger partial charge >= 0.3 is 12.1 Å². The second kappa shape index (κ2) is 6.10. The molecule has 2 heterocycles. The molecule has 0 atom stereocenters. The van der Waals surface area contributed by atoms with Crippen molar-refractivity contribution in [2.45, 2.75) is 39.3 Å². The molecule has 0 bridgehead atoms. The highest BCUT2D eigenvalue weighted by Gasteiger charge is 2.35. The van der Waals surface area contributed by atoms with Crippen LogP contribution in [0.15, 0.2) is 16.4 Å². The number of rotatable bonds is 2. The molecule has 0 spiro atoms. The number of likely N-dealkylation sites (N-methyl/N-ethyl adjacent to an activating group) is 1. The quantitative estimate of drug-likeness (QED) is 0.797. The highest BCUT2D eigenvalue weighted by Crippen LogP contribution is 2.21. The number of amides is 3. The number of hydrogen-bond donors (Lipinski definition) is 2. The summed E-state index contributed by atoms with van der Waals surface area (Å²) >= 11 is 0. The zero-order valence-corrected chi connectivity index (χ0v) is 14.6. The Bertz CT molecular complexity index is 570. The van der Waals surface area contributed by atoms with Crippen LogP contribution in [0.25, 0.3) is 0 Å². The van der Waals surface area contributed by atoms with E-state index in [-0.39, 0.29) is 12.1 Å². The molecule has 2 rings (SSSR count). The van der Waals surface area contributed by atoms with Crippen molar-refractivity contribution in [3.05, 3.63) is 11.4 Å². The average Bonchev–Trinajstić information content (AvgIpc) is 2.66. The van der Waals surface area contributed by atoms with E-state index in [0.29, 0.717) is 18.9 Å². The molecule has 23 heavy (non-hydrogen) atoms. The Labute approximate surface area is 136 Å². The number of likely N-dealkylation sites (tertiary alicyclic amines) is 1. The Hall–Kier alpha value is -2.25. The summed E-state index contributed by atoms with van der Waals surface area (Å²) in [6.07, 6.45) is -0.405. The van der Waals surface area contributed by atoms with Gasteiger partial charge in [-0.1, -0.05) is 0 Å². The molecular formula is C15H25N5O3. The lowest BCUT2D eigenvalue weighted by molar-refractivity contribution is 0.0434.